The molecule has 4 atom stereocenters. The van der Waals surface area contributed by atoms with Gasteiger partial charge in [-0.25, -0.2) is 9.78 Å². The van der Waals surface area contributed by atoms with Gasteiger partial charge in [0.15, 0.2) is 11.7 Å². The molecule has 2 bridgehead atoms. The van der Waals surface area contributed by atoms with Crippen molar-refractivity contribution in [3.63, 3.8) is 0 Å². The number of methoxy groups -OCH3 is 1. The van der Waals surface area contributed by atoms with Crippen LogP contribution in [0.15, 0.2) is 59.4 Å². The van der Waals surface area contributed by atoms with E-state index >= 15 is 0 Å². The largest absolute Gasteiger partial charge is 0.467 e. The maximum Gasteiger partial charge on any atom is 0.333 e. The van der Waals surface area contributed by atoms with Crippen LogP contribution >= 0.6 is 0 Å². The van der Waals surface area contributed by atoms with E-state index in [4.69, 9.17) is 4.74 Å². The third-order valence-corrected chi connectivity index (χ3v) is 9.48. The number of esters is 1. The first-order valence-electron chi connectivity index (χ1n) is 15.3. The number of carbonyl (C=O) groups excluding carboxylic acids is 2. The van der Waals surface area contributed by atoms with Crippen LogP contribution in [0.25, 0.3) is 11.0 Å². The number of ether oxygens (including phenoxy) is 1. The van der Waals surface area contributed by atoms with Gasteiger partial charge in [-0.3, -0.25) is 14.5 Å². The maximum atomic E-state index is 14.1. The summed E-state index contributed by atoms with van der Waals surface area (Å²) >= 11 is 0. The van der Waals surface area contributed by atoms with Gasteiger partial charge in [-0.15, -0.1) is 0 Å². The van der Waals surface area contributed by atoms with Gasteiger partial charge in [0, 0.05) is 24.2 Å². The Labute approximate surface area is 241 Å². The number of fused-ring (bicyclic) bond motifs is 3. The summed E-state index contributed by atoms with van der Waals surface area (Å²) in [6.07, 6.45) is 13.4. The zero-order chi connectivity index (χ0) is 28.3. The minimum atomic E-state index is -1.04. The van der Waals surface area contributed by atoms with Crippen LogP contribution in [-0.4, -0.2) is 51.6 Å². The highest BCUT2D eigenvalue weighted by Crippen LogP contribution is 2.44. The van der Waals surface area contributed by atoms with Gasteiger partial charge in [-0.2, -0.15) is 0 Å². The molecule has 1 aliphatic carbocycles. The lowest BCUT2D eigenvalue weighted by Gasteiger charge is -2.45. The summed E-state index contributed by atoms with van der Waals surface area (Å²) in [5, 5.41) is 2.73. The highest BCUT2D eigenvalue weighted by Gasteiger charge is 2.44. The molecular formula is C33H40N4O4. The summed E-state index contributed by atoms with van der Waals surface area (Å²) in [5.41, 5.74) is 1.34. The van der Waals surface area contributed by atoms with E-state index in [-0.39, 0.29) is 11.7 Å². The lowest BCUT2D eigenvalue weighted by Crippen LogP contribution is -2.50. The molecule has 1 aromatic heterocycles. The molecule has 1 amide bonds. The van der Waals surface area contributed by atoms with Gasteiger partial charge in [0.05, 0.1) is 18.1 Å². The molecule has 8 heteroatoms. The SMILES string of the molecule is COC(=O)C(NC(=O)c1nc2ccccc2n(C2CC3CC[C@@H](C2)N3C2CCCCCCC2)c1=O)c1ccccc1. The number of aromatic nitrogens is 2. The first-order chi connectivity index (χ1) is 20.0. The molecule has 3 unspecified atom stereocenters. The number of nitrogens with zero attached hydrogens (tertiary/aromatic N) is 3. The smallest absolute Gasteiger partial charge is 0.333 e. The van der Waals surface area contributed by atoms with Gasteiger partial charge in [-0.1, -0.05) is 74.6 Å². The molecule has 8 nitrogen and oxygen atoms in total. The van der Waals surface area contributed by atoms with E-state index in [9.17, 15) is 14.4 Å². The molecule has 2 aromatic carbocycles. The van der Waals surface area contributed by atoms with E-state index in [2.05, 4.69) is 15.2 Å². The van der Waals surface area contributed by atoms with Crippen molar-refractivity contribution < 1.29 is 14.3 Å². The minimum Gasteiger partial charge on any atom is -0.467 e. The lowest BCUT2D eigenvalue weighted by atomic mass is 9.89. The highest BCUT2D eigenvalue weighted by molar-refractivity contribution is 5.96. The van der Waals surface area contributed by atoms with Crippen LogP contribution in [0.4, 0.5) is 0 Å². The normalized spacial score (nSPS) is 24.4. The van der Waals surface area contributed by atoms with E-state index in [1.54, 1.807) is 24.3 Å². The predicted molar refractivity (Wildman–Crippen MR) is 158 cm³/mol. The molecule has 3 aliphatic rings. The Kier molecular flexibility index (Phi) is 8.19. The molecule has 2 saturated heterocycles. The molecule has 2 aliphatic heterocycles. The second kappa shape index (κ2) is 12.1. The first-order valence-corrected chi connectivity index (χ1v) is 15.3. The topological polar surface area (TPSA) is 93.5 Å². The summed E-state index contributed by atoms with van der Waals surface area (Å²) in [7, 11) is 1.28. The summed E-state index contributed by atoms with van der Waals surface area (Å²) in [6, 6.07) is 17.0. The predicted octanol–water partition coefficient (Wildman–Crippen LogP) is 5.32. The second-order valence-corrected chi connectivity index (χ2v) is 11.9. The van der Waals surface area contributed by atoms with Crippen molar-refractivity contribution in [2.75, 3.05) is 7.11 Å². The van der Waals surface area contributed by atoms with Crippen LogP contribution in [0, 0.1) is 0 Å². The number of rotatable bonds is 6. The van der Waals surface area contributed by atoms with Crippen molar-refractivity contribution in [2.45, 2.75) is 101 Å². The molecule has 1 saturated carbocycles. The monoisotopic (exact) mass is 556 g/mol. The van der Waals surface area contributed by atoms with Crippen LogP contribution in [0.3, 0.4) is 0 Å². The van der Waals surface area contributed by atoms with Crippen molar-refractivity contribution in [2.24, 2.45) is 0 Å². The Bertz CT molecular complexity index is 1430. The van der Waals surface area contributed by atoms with Gasteiger partial charge in [0.2, 0.25) is 0 Å². The number of piperidine rings is 1. The summed E-state index contributed by atoms with van der Waals surface area (Å²) in [6.45, 7) is 0. The zero-order valence-electron chi connectivity index (χ0n) is 23.8. The van der Waals surface area contributed by atoms with Gasteiger partial charge in [-0.05, 0) is 56.2 Å². The van der Waals surface area contributed by atoms with Crippen molar-refractivity contribution in [1.29, 1.82) is 0 Å². The van der Waals surface area contributed by atoms with E-state index in [0.29, 0.717) is 29.2 Å². The van der Waals surface area contributed by atoms with Crippen LogP contribution in [-0.2, 0) is 9.53 Å². The number of benzene rings is 2. The fourth-order valence-corrected chi connectivity index (χ4v) is 7.63. The Morgan fingerprint density at radius 3 is 2.15 bits per heavy atom. The van der Waals surface area contributed by atoms with Crippen LogP contribution in [0.2, 0.25) is 0 Å². The summed E-state index contributed by atoms with van der Waals surface area (Å²) in [5.74, 6) is -1.28. The average molecular weight is 557 g/mol. The van der Waals surface area contributed by atoms with E-state index in [0.717, 1.165) is 18.4 Å². The Hall–Kier alpha value is -3.52. The molecule has 3 heterocycles. The molecular weight excluding hydrogens is 516 g/mol. The van der Waals surface area contributed by atoms with E-state index in [1.807, 2.05) is 34.9 Å². The molecule has 41 heavy (non-hydrogen) atoms. The number of para-hydroxylation sites is 2. The molecule has 0 radical (unpaired) electrons. The molecule has 216 valence electrons. The van der Waals surface area contributed by atoms with E-state index in [1.165, 1.54) is 64.9 Å². The standard InChI is InChI=1S/C33H40N4O4/c1-41-33(40)29(22-12-6-5-7-13-22)35-31(38)30-32(39)37(28-17-11-10-16-27(28)34-30)26-20-24-18-19-25(21-26)36(24)23-14-8-3-2-4-9-15-23/h5-7,10-13,16-17,23-26,29H,2-4,8-9,14-15,18-21H2,1H3,(H,35,38)/t24-,25?,26?,29?/m0/s1. The number of nitrogens with one attached hydrogen (secondary N) is 1. The molecule has 6 rings (SSSR count). The van der Waals surface area contributed by atoms with Crippen LogP contribution in [0.5, 0.6) is 0 Å². The Morgan fingerprint density at radius 1 is 0.829 bits per heavy atom. The van der Waals surface area contributed by atoms with Gasteiger partial charge in [0.25, 0.3) is 11.5 Å². The average Bonchev–Trinajstić information content (AvgIpc) is 3.23. The number of hydrogen-bond donors (Lipinski definition) is 1. The maximum absolute atomic E-state index is 14.1. The Balaban J connectivity index is 1.31. The summed E-state index contributed by atoms with van der Waals surface area (Å²) in [4.78, 5) is 47.6. The van der Waals surface area contributed by atoms with Crippen molar-refractivity contribution in [3.8, 4) is 0 Å². The minimum absolute atomic E-state index is 0.00483. The zero-order valence-corrected chi connectivity index (χ0v) is 23.8. The quantitative estimate of drug-likeness (QED) is 0.413. The van der Waals surface area contributed by atoms with E-state index < -0.39 is 23.5 Å². The number of carbonyl (C=O) groups is 2. The van der Waals surface area contributed by atoms with Gasteiger partial charge >= 0.3 is 5.97 Å². The third-order valence-electron chi connectivity index (χ3n) is 9.48. The molecule has 3 fully saturated rings. The van der Waals surface area contributed by atoms with Gasteiger partial charge < -0.3 is 14.6 Å². The molecule has 3 aromatic rings. The van der Waals surface area contributed by atoms with Crippen molar-refractivity contribution >= 4 is 22.9 Å². The fourth-order valence-electron chi connectivity index (χ4n) is 7.63. The summed E-state index contributed by atoms with van der Waals surface area (Å²) < 4.78 is 6.79. The third kappa shape index (κ3) is 5.54. The number of hydrogen-bond acceptors (Lipinski definition) is 6. The highest BCUT2D eigenvalue weighted by atomic mass is 16.5. The number of amides is 1. The van der Waals surface area contributed by atoms with Crippen LogP contribution < -0.4 is 10.9 Å². The van der Waals surface area contributed by atoms with Crippen LogP contribution in [0.1, 0.15) is 98.8 Å². The van der Waals surface area contributed by atoms with Gasteiger partial charge in [0.1, 0.15) is 0 Å². The molecule has 1 N–H and O–H groups in total. The second-order valence-electron chi connectivity index (χ2n) is 11.9. The van der Waals surface area contributed by atoms with Crippen molar-refractivity contribution in [3.05, 3.63) is 76.2 Å². The first kappa shape index (κ1) is 27.6. The van der Waals surface area contributed by atoms with Crippen molar-refractivity contribution in [1.82, 2.24) is 19.8 Å². The Morgan fingerprint density at radius 2 is 1.46 bits per heavy atom. The fraction of sp³-hybridized carbons (Fsp3) is 0.515. The lowest BCUT2D eigenvalue weighted by molar-refractivity contribution is -0.143. The molecule has 0 spiro atoms.